The van der Waals surface area contributed by atoms with E-state index >= 15 is 0 Å². The zero-order valence-corrected chi connectivity index (χ0v) is 10.4. The zero-order chi connectivity index (χ0) is 11.3. The largest absolute Gasteiger partial charge is 0.329 e. The summed E-state index contributed by atoms with van der Waals surface area (Å²) in [7, 11) is 6.44. The molecular weight excluding hydrogens is 188 g/mol. The predicted octanol–water partition coefficient (Wildman–Crippen LogP) is -0.487. The number of nitrogens with two attached hydrogens (primary N) is 1. The van der Waals surface area contributed by atoms with Crippen LogP contribution in [0.25, 0.3) is 0 Å². The minimum atomic E-state index is 0.554. The average molecular weight is 214 g/mol. The molecule has 4 nitrogen and oxygen atoms in total. The Morgan fingerprint density at radius 3 is 2.67 bits per heavy atom. The van der Waals surface area contributed by atoms with Crippen LogP contribution in [0.4, 0.5) is 0 Å². The van der Waals surface area contributed by atoms with Gasteiger partial charge in [0.1, 0.15) is 0 Å². The molecule has 0 aromatic carbocycles. The van der Waals surface area contributed by atoms with E-state index in [9.17, 15) is 0 Å². The first-order valence-electron chi connectivity index (χ1n) is 5.91. The summed E-state index contributed by atoms with van der Waals surface area (Å²) < 4.78 is 0. The van der Waals surface area contributed by atoms with Crippen molar-refractivity contribution in [2.45, 2.75) is 12.5 Å². The van der Waals surface area contributed by atoms with Crippen LogP contribution in [0.5, 0.6) is 0 Å². The van der Waals surface area contributed by atoms with Gasteiger partial charge in [0.15, 0.2) is 0 Å². The van der Waals surface area contributed by atoms with Crippen molar-refractivity contribution in [2.24, 2.45) is 5.73 Å². The average Bonchev–Trinajstić information content (AvgIpc) is 2.20. The number of nitrogens with zero attached hydrogens (tertiary/aromatic N) is 3. The highest BCUT2D eigenvalue weighted by Gasteiger charge is 2.22. The molecule has 0 spiro atoms. The molecule has 0 aliphatic carbocycles. The maximum absolute atomic E-state index is 5.76. The van der Waals surface area contributed by atoms with Gasteiger partial charge >= 0.3 is 0 Å². The highest BCUT2D eigenvalue weighted by atomic mass is 15.3. The molecule has 1 unspecified atom stereocenters. The van der Waals surface area contributed by atoms with Crippen molar-refractivity contribution in [3.8, 4) is 0 Å². The van der Waals surface area contributed by atoms with E-state index in [0.717, 1.165) is 19.6 Å². The third kappa shape index (κ3) is 4.47. The van der Waals surface area contributed by atoms with Crippen LogP contribution in [-0.4, -0.2) is 81.2 Å². The lowest BCUT2D eigenvalue weighted by atomic mass is 10.1. The van der Waals surface area contributed by atoms with Crippen LogP contribution in [0.3, 0.4) is 0 Å². The molecule has 90 valence electrons. The Hall–Kier alpha value is -0.160. The van der Waals surface area contributed by atoms with Gasteiger partial charge in [0, 0.05) is 32.2 Å². The topological polar surface area (TPSA) is 35.7 Å². The Bertz CT molecular complexity index is 172. The van der Waals surface area contributed by atoms with Crippen LogP contribution in [0, 0.1) is 0 Å². The second kappa shape index (κ2) is 6.43. The molecule has 1 aliphatic heterocycles. The molecule has 1 rings (SSSR count). The van der Waals surface area contributed by atoms with Gasteiger partial charge < -0.3 is 15.5 Å². The predicted molar refractivity (Wildman–Crippen MR) is 65.1 cm³/mol. The van der Waals surface area contributed by atoms with Crippen molar-refractivity contribution in [1.82, 2.24) is 14.7 Å². The lowest BCUT2D eigenvalue weighted by molar-refractivity contribution is 0.0972. The molecule has 2 N–H and O–H groups in total. The monoisotopic (exact) mass is 214 g/mol. The number of piperazine rings is 1. The van der Waals surface area contributed by atoms with Crippen LogP contribution in [-0.2, 0) is 0 Å². The molecule has 4 heteroatoms. The fraction of sp³-hybridized carbons (Fsp3) is 1.00. The van der Waals surface area contributed by atoms with Gasteiger partial charge in [-0.3, -0.25) is 4.90 Å². The van der Waals surface area contributed by atoms with E-state index in [1.165, 1.54) is 26.1 Å². The first kappa shape index (κ1) is 12.9. The summed E-state index contributed by atoms with van der Waals surface area (Å²) in [6, 6.07) is 0.554. The number of hydrogen-bond donors (Lipinski definition) is 1. The van der Waals surface area contributed by atoms with E-state index in [-0.39, 0.29) is 0 Å². The molecule has 0 saturated carbocycles. The van der Waals surface area contributed by atoms with Gasteiger partial charge in [0.2, 0.25) is 0 Å². The maximum Gasteiger partial charge on any atom is 0.0343 e. The maximum atomic E-state index is 5.76. The van der Waals surface area contributed by atoms with Crippen molar-refractivity contribution in [1.29, 1.82) is 0 Å². The molecule has 1 saturated heterocycles. The minimum absolute atomic E-state index is 0.554. The molecule has 0 bridgehead atoms. The Morgan fingerprint density at radius 1 is 1.33 bits per heavy atom. The van der Waals surface area contributed by atoms with Crippen molar-refractivity contribution >= 4 is 0 Å². The highest BCUT2D eigenvalue weighted by molar-refractivity contribution is 4.80. The fourth-order valence-electron chi connectivity index (χ4n) is 2.08. The van der Waals surface area contributed by atoms with E-state index in [0.29, 0.717) is 6.04 Å². The number of rotatable bonds is 5. The lowest BCUT2D eigenvalue weighted by Gasteiger charge is -2.39. The van der Waals surface area contributed by atoms with Crippen LogP contribution in [0.15, 0.2) is 0 Å². The standard InChI is InChI=1S/C11H26N4/c1-13(2)5-4-6-15-8-7-14(3)11(9-12)10-15/h11H,4-10,12H2,1-3H3. The molecule has 0 amide bonds. The van der Waals surface area contributed by atoms with Gasteiger partial charge in [-0.05, 0) is 40.7 Å². The van der Waals surface area contributed by atoms with Crippen LogP contribution in [0.2, 0.25) is 0 Å². The molecule has 1 atom stereocenters. The summed E-state index contributed by atoms with van der Waals surface area (Å²) in [4.78, 5) is 7.17. The fourth-order valence-corrected chi connectivity index (χ4v) is 2.08. The Labute approximate surface area is 94.0 Å². The smallest absolute Gasteiger partial charge is 0.0343 e. The molecule has 0 radical (unpaired) electrons. The Morgan fingerprint density at radius 2 is 2.07 bits per heavy atom. The molecule has 1 aliphatic rings. The Kier molecular flexibility index (Phi) is 5.53. The highest BCUT2D eigenvalue weighted by Crippen LogP contribution is 2.06. The second-order valence-electron chi connectivity index (χ2n) is 4.83. The van der Waals surface area contributed by atoms with Gasteiger partial charge in [0.25, 0.3) is 0 Å². The van der Waals surface area contributed by atoms with E-state index < -0.39 is 0 Å². The summed E-state index contributed by atoms with van der Waals surface area (Å²) in [5.41, 5.74) is 5.76. The molecule has 1 heterocycles. The summed E-state index contributed by atoms with van der Waals surface area (Å²) in [6.45, 7) is 6.66. The van der Waals surface area contributed by atoms with Gasteiger partial charge in [-0.25, -0.2) is 0 Å². The molecule has 15 heavy (non-hydrogen) atoms. The molecular formula is C11H26N4. The third-order valence-electron chi connectivity index (χ3n) is 3.21. The van der Waals surface area contributed by atoms with Crippen molar-refractivity contribution < 1.29 is 0 Å². The minimum Gasteiger partial charge on any atom is -0.329 e. The summed E-state index contributed by atoms with van der Waals surface area (Å²) in [6.07, 6.45) is 1.26. The second-order valence-corrected chi connectivity index (χ2v) is 4.83. The summed E-state index contributed by atoms with van der Waals surface area (Å²) in [5, 5.41) is 0. The quantitative estimate of drug-likeness (QED) is 0.670. The summed E-state index contributed by atoms with van der Waals surface area (Å²) >= 11 is 0. The third-order valence-corrected chi connectivity index (χ3v) is 3.21. The van der Waals surface area contributed by atoms with E-state index in [2.05, 4.69) is 35.8 Å². The van der Waals surface area contributed by atoms with Crippen LogP contribution < -0.4 is 5.73 Å². The lowest BCUT2D eigenvalue weighted by Crippen LogP contribution is -2.54. The number of hydrogen-bond acceptors (Lipinski definition) is 4. The number of likely N-dealkylation sites (N-methyl/N-ethyl adjacent to an activating group) is 1. The van der Waals surface area contributed by atoms with Crippen LogP contribution in [0.1, 0.15) is 6.42 Å². The van der Waals surface area contributed by atoms with E-state index in [4.69, 9.17) is 5.73 Å². The van der Waals surface area contributed by atoms with E-state index in [1.807, 2.05) is 0 Å². The SMILES string of the molecule is CN(C)CCCN1CCN(C)C(CN)C1. The van der Waals surface area contributed by atoms with Crippen molar-refractivity contribution in [2.75, 3.05) is 60.4 Å². The van der Waals surface area contributed by atoms with Gasteiger partial charge in [-0.15, -0.1) is 0 Å². The van der Waals surface area contributed by atoms with E-state index in [1.54, 1.807) is 0 Å². The van der Waals surface area contributed by atoms with Gasteiger partial charge in [0.05, 0.1) is 0 Å². The first-order chi connectivity index (χ1) is 7.13. The molecule has 1 fully saturated rings. The zero-order valence-electron chi connectivity index (χ0n) is 10.4. The molecule has 0 aromatic heterocycles. The van der Waals surface area contributed by atoms with Crippen LogP contribution >= 0.6 is 0 Å². The summed E-state index contributed by atoms with van der Waals surface area (Å²) in [5.74, 6) is 0. The normalized spacial score (nSPS) is 25.0. The molecule has 0 aromatic rings. The van der Waals surface area contributed by atoms with Crippen molar-refractivity contribution in [3.63, 3.8) is 0 Å². The Balaban J connectivity index is 2.20. The van der Waals surface area contributed by atoms with Gasteiger partial charge in [-0.2, -0.15) is 0 Å². The van der Waals surface area contributed by atoms with Crippen molar-refractivity contribution in [3.05, 3.63) is 0 Å². The van der Waals surface area contributed by atoms with Gasteiger partial charge in [-0.1, -0.05) is 0 Å². The first-order valence-corrected chi connectivity index (χ1v) is 5.91.